The van der Waals surface area contributed by atoms with Gasteiger partial charge in [0, 0.05) is 31.0 Å². The van der Waals surface area contributed by atoms with Crippen molar-refractivity contribution in [3.63, 3.8) is 0 Å². The van der Waals surface area contributed by atoms with E-state index >= 15 is 0 Å². The average molecular weight is 321 g/mol. The number of aromatic nitrogens is 3. The van der Waals surface area contributed by atoms with Gasteiger partial charge in [0.2, 0.25) is 5.95 Å². The zero-order chi connectivity index (χ0) is 17.2. The van der Waals surface area contributed by atoms with Crippen molar-refractivity contribution in [2.75, 3.05) is 23.7 Å². The molecular formula is C19H23N5. The number of rotatable bonds is 1. The molecule has 2 aromatic rings. The highest BCUT2D eigenvalue weighted by atomic mass is 15.2. The predicted octanol–water partition coefficient (Wildman–Crippen LogP) is 2.79. The van der Waals surface area contributed by atoms with Gasteiger partial charge in [-0.15, -0.1) is 0 Å². The lowest BCUT2D eigenvalue weighted by Gasteiger charge is -2.39. The first kappa shape index (κ1) is 16.3. The van der Waals surface area contributed by atoms with Crippen molar-refractivity contribution in [2.24, 2.45) is 5.41 Å². The van der Waals surface area contributed by atoms with E-state index in [9.17, 15) is 0 Å². The Hall–Kier alpha value is -2.61. The van der Waals surface area contributed by atoms with Crippen LogP contribution in [-0.2, 0) is 0 Å². The highest BCUT2D eigenvalue weighted by molar-refractivity contribution is 5.61. The van der Waals surface area contributed by atoms with Crippen molar-refractivity contribution in [3.8, 4) is 11.8 Å². The zero-order valence-corrected chi connectivity index (χ0v) is 14.5. The van der Waals surface area contributed by atoms with Gasteiger partial charge in [0.25, 0.3) is 0 Å². The van der Waals surface area contributed by atoms with E-state index in [1.54, 1.807) is 12.4 Å². The third kappa shape index (κ3) is 3.65. The van der Waals surface area contributed by atoms with Crippen molar-refractivity contribution in [1.29, 1.82) is 0 Å². The van der Waals surface area contributed by atoms with E-state index in [1.165, 1.54) is 6.42 Å². The summed E-state index contributed by atoms with van der Waals surface area (Å²) in [6.07, 6.45) is 5.86. The fraction of sp³-hybridized carbons (Fsp3) is 0.421. The van der Waals surface area contributed by atoms with Crippen LogP contribution in [0.1, 0.15) is 43.5 Å². The van der Waals surface area contributed by atoms with Crippen LogP contribution in [0.25, 0.3) is 0 Å². The van der Waals surface area contributed by atoms with E-state index in [4.69, 9.17) is 5.73 Å². The number of hydrogen-bond donors (Lipinski definition) is 1. The van der Waals surface area contributed by atoms with E-state index < -0.39 is 0 Å². The fourth-order valence-corrected chi connectivity index (χ4v) is 3.13. The van der Waals surface area contributed by atoms with Gasteiger partial charge in [-0.2, -0.15) is 4.98 Å². The second-order valence-corrected chi connectivity index (χ2v) is 7.05. The van der Waals surface area contributed by atoms with E-state index in [0.29, 0.717) is 5.95 Å². The van der Waals surface area contributed by atoms with Crippen molar-refractivity contribution < 1.29 is 0 Å². The monoisotopic (exact) mass is 321 g/mol. The van der Waals surface area contributed by atoms with Gasteiger partial charge in [-0.3, -0.25) is 4.98 Å². The molecular weight excluding hydrogens is 298 g/mol. The molecule has 124 valence electrons. The molecule has 5 nitrogen and oxygen atoms in total. The quantitative estimate of drug-likeness (QED) is 0.818. The molecule has 0 bridgehead atoms. The van der Waals surface area contributed by atoms with E-state index in [-0.39, 0.29) is 5.41 Å². The number of nitrogen functional groups attached to an aromatic ring is 1. The van der Waals surface area contributed by atoms with E-state index in [2.05, 4.69) is 45.5 Å². The Morgan fingerprint density at radius 1 is 1.25 bits per heavy atom. The summed E-state index contributed by atoms with van der Waals surface area (Å²) >= 11 is 0. The number of nitrogens with zero attached hydrogens (tertiary/aromatic N) is 4. The number of piperidine rings is 1. The molecule has 0 saturated carbocycles. The summed E-state index contributed by atoms with van der Waals surface area (Å²) in [6, 6.07) is 3.82. The van der Waals surface area contributed by atoms with Crippen LogP contribution in [0.3, 0.4) is 0 Å². The van der Waals surface area contributed by atoms with Gasteiger partial charge in [0.1, 0.15) is 5.82 Å². The summed E-state index contributed by atoms with van der Waals surface area (Å²) in [5.41, 5.74) is 8.71. The largest absolute Gasteiger partial charge is 0.368 e. The van der Waals surface area contributed by atoms with E-state index in [0.717, 1.165) is 42.1 Å². The molecule has 1 fully saturated rings. The van der Waals surface area contributed by atoms with Crippen LogP contribution in [0.4, 0.5) is 11.8 Å². The van der Waals surface area contributed by atoms with E-state index in [1.807, 2.05) is 19.1 Å². The Morgan fingerprint density at radius 3 is 2.79 bits per heavy atom. The van der Waals surface area contributed by atoms with Crippen LogP contribution in [-0.4, -0.2) is 28.0 Å². The molecule has 5 heteroatoms. The molecule has 3 rings (SSSR count). The summed E-state index contributed by atoms with van der Waals surface area (Å²) in [7, 11) is 0. The molecule has 0 atom stereocenters. The number of nitrogens with two attached hydrogens (primary N) is 1. The molecule has 0 radical (unpaired) electrons. The zero-order valence-electron chi connectivity index (χ0n) is 14.5. The fourth-order valence-electron chi connectivity index (χ4n) is 3.13. The third-order valence-electron chi connectivity index (χ3n) is 4.28. The molecule has 2 aromatic heterocycles. The molecule has 0 unspecified atom stereocenters. The second-order valence-electron chi connectivity index (χ2n) is 7.05. The highest BCUT2D eigenvalue weighted by Crippen LogP contribution is 2.32. The molecule has 1 saturated heterocycles. The van der Waals surface area contributed by atoms with Gasteiger partial charge in [-0.1, -0.05) is 25.7 Å². The van der Waals surface area contributed by atoms with Gasteiger partial charge in [0.15, 0.2) is 0 Å². The van der Waals surface area contributed by atoms with Crippen LogP contribution >= 0.6 is 0 Å². The van der Waals surface area contributed by atoms with Crippen molar-refractivity contribution >= 4 is 11.8 Å². The Balaban J connectivity index is 2.01. The molecule has 0 aromatic carbocycles. The maximum Gasteiger partial charge on any atom is 0.222 e. The molecule has 24 heavy (non-hydrogen) atoms. The predicted molar refractivity (Wildman–Crippen MR) is 96.6 cm³/mol. The number of anilines is 2. The Labute approximate surface area is 143 Å². The van der Waals surface area contributed by atoms with Gasteiger partial charge in [-0.25, -0.2) is 4.98 Å². The lowest BCUT2D eigenvalue weighted by atomic mass is 9.84. The lowest BCUT2D eigenvalue weighted by Crippen LogP contribution is -2.41. The minimum absolute atomic E-state index is 0.264. The standard InChI is InChI=1S/C19H23N5/c1-14-16(8-7-15-6-4-10-21-12-15)17(23-18(20)22-14)24-11-5-9-19(2,3)13-24/h4,6,10,12H,5,9,11,13H2,1-3H3,(H2,20,22,23). The smallest absolute Gasteiger partial charge is 0.222 e. The maximum atomic E-state index is 5.90. The normalized spacial score (nSPS) is 16.4. The SMILES string of the molecule is Cc1nc(N)nc(N2CCCC(C)(C)C2)c1C#Cc1cccnc1. The van der Waals surface area contributed by atoms with Crippen LogP contribution < -0.4 is 10.6 Å². The first-order valence-electron chi connectivity index (χ1n) is 8.26. The third-order valence-corrected chi connectivity index (χ3v) is 4.28. The highest BCUT2D eigenvalue weighted by Gasteiger charge is 2.28. The van der Waals surface area contributed by atoms with Crippen molar-refractivity contribution in [1.82, 2.24) is 15.0 Å². The van der Waals surface area contributed by atoms with Crippen LogP contribution in [0.5, 0.6) is 0 Å². The molecule has 3 heterocycles. The van der Waals surface area contributed by atoms with Gasteiger partial charge < -0.3 is 10.6 Å². The summed E-state index contributed by atoms with van der Waals surface area (Å²) < 4.78 is 0. The second kappa shape index (κ2) is 6.48. The molecule has 0 spiro atoms. The van der Waals surface area contributed by atoms with Crippen molar-refractivity contribution in [2.45, 2.75) is 33.6 Å². The molecule has 0 amide bonds. The minimum atomic E-state index is 0.264. The molecule has 1 aliphatic heterocycles. The molecule has 2 N–H and O–H groups in total. The number of pyridine rings is 1. The van der Waals surface area contributed by atoms with Gasteiger partial charge >= 0.3 is 0 Å². The Morgan fingerprint density at radius 2 is 2.08 bits per heavy atom. The minimum Gasteiger partial charge on any atom is -0.368 e. The average Bonchev–Trinajstić information content (AvgIpc) is 2.53. The van der Waals surface area contributed by atoms with Crippen LogP contribution in [0.2, 0.25) is 0 Å². The number of hydrogen-bond acceptors (Lipinski definition) is 5. The lowest BCUT2D eigenvalue weighted by molar-refractivity contribution is 0.292. The summed E-state index contributed by atoms with van der Waals surface area (Å²) in [5, 5.41) is 0. The topological polar surface area (TPSA) is 67.9 Å². The molecule has 1 aliphatic rings. The van der Waals surface area contributed by atoms with Crippen molar-refractivity contribution in [3.05, 3.63) is 41.3 Å². The maximum absolute atomic E-state index is 5.90. The Kier molecular flexibility index (Phi) is 4.39. The summed E-state index contributed by atoms with van der Waals surface area (Å²) in [6.45, 7) is 8.43. The number of aryl methyl sites for hydroxylation is 1. The molecule has 0 aliphatic carbocycles. The summed E-state index contributed by atoms with van der Waals surface area (Å²) in [4.78, 5) is 15.2. The first-order chi connectivity index (χ1) is 11.4. The summed E-state index contributed by atoms with van der Waals surface area (Å²) in [5.74, 6) is 7.55. The van der Waals surface area contributed by atoms with Crippen LogP contribution in [0, 0.1) is 24.2 Å². The Bertz CT molecular complexity index is 787. The first-order valence-corrected chi connectivity index (χ1v) is 8.26. The van der Waals surface area contributed by atoms with Gasteiger partial charge in [0.05, 0.1) is 11.3 Å². The van der Waals surface area contributed by atoms with Gasteiger partial charge in [-0.05, 0) is 37.3 Å². The van der Waals surface area contributed by atoms with Crippen LogP contribution in [0.15, 0.2) is 24.5 Å².